The molecule has 0 radical (unpaired) electrons. The second-order valence-corrected chi connectivity index (χ2v) is 2.76. The maximum atomic E-state index is 10.5. The number of carbonyl (C=O) groups excluding carboxylic acids is 1. The molecule has 3 heteroatoms. The zero-order valence-electron chi connectivity index (χ0n) is 6.74. The van der Waals surface area contributed by atoms with Crippen molar-refractivity contribution in [1.29, 1.82) is 5.26 Å². The zero-order chi connectivity index (χ0) is 9.26. The van der Waals surface area contributed by atoms with Gasteiger partial charge in [-0.2, -0.15) is 5.26 Å². The molecule has 0 atom stereocenters. The zero-order valence-corrected chi connectivity index (χ0v) is 6.74. The van der Waals surface area contributed by atoms with Gasteiger partial charge < -0.3 is 4.98 Å². The third kappa shape index (κ3) is 1.18. The van der Waals surface area contributed by atoms with Crippen LogP contribution in [0, 0.1) is 11.3 Å². The smallest absolute Gasteiger partial charge is 0.150 e. The standard InChI is InChI=1S/C10H6N2O/c11-5-9-4-8-3-7(6-13)1-2-10(8)12-9/h1-4,6,12H. The van der Waals surface area contributed by atoms with Gasteiger partial charge in [-0.25, -0.2) is 0 Å². The third-order valence-corrected chi connectivity index (χ3v) is 1.90. The van der Waals surface area contributed by atoms with Crippen molar-refractivity contribution in [2.75, 3.05) is 0 Å². The number of fused-ring (bicyclic) bond motifs is 1. The first-order chi connectivity index (χ1) is 6.33. The van der Waals surface area contributed by atoms with Crippen molar-refractivity contribution in [3.05, 3.63) is 35.5 Å². The molecular weight excluding hydrogens is 164 g/mol. The highest BCUT2D eigenvalue weighted by Crippen LogP contribution is 2.15. The minimum Gasteiger partial charge on any atom is -0.346 e. The summed E-state index contributed by atoms with van der Waals surface area (Å²) in [5.74, 6) is 0. The molecule has 0 aliphatic rings. The largest absolute Gasteiger partial charge is 0.346 e. The number of hydrogen-bond acceptors (Lipinski definition) is 2. The molecule has 1 aromatic carbocycles. The Morgan fingerprint density at radius 3 is 2.92 bits per heavy atom. The number of rotatable bonds is 1. The lowest BCUT2D eigenvalue weighted by Crippen LogP contribution is -1.76. The molecule has 3 nitrogen and oxygen atoms in total. The Bertz CT molecular complexity index is 505. The van der Waals surface area contributed by atoms with E-state index in [0.29, 0.717) is 11.3 Å². The topological polar surface area (TPSA) is 56.6 Å². The number of benzene rings is 1. The van der Waals surface area contributed by atoms with Gasteiger partial charge in [0.05, 0.1) is 0 Å². The molecule has 1 aromatic heterocycles. The van der Waals surface area contributed by atoms with Crippen LogP contribution in [-0.4, -0.2) is 11.3 Å². The van der Waals surface area contributed by atoms with Crippen molar-refractivity contribution < 1.29 is 4.79 Å². The number of aromatic amines is 1. The van der Waals surface area contributed by atoms with Crippen LogP contribution < -0.4 is 0 Å². The van der Waals surface area contributed by atoms with Crippen LogP contribution >= 0.6 is 0 Å². The summed E-state index contributed by atoms with van der Waals surface area (Å²) in [6, 6.07) is 8.99. The lowest BCUT2D eigenvalue weighted by atomic mass is 10.2. The van der Waals surface area contributed by atoms with Gasteiger partial charge >= 0.3 is 0 Å². The Balaban J connectivity index is 2.72. The summed E-state index contributed by atoms with van der Waals surface area (Å²) in [4.78, 5) is 13.4. The summed E-state index contributed by atoms with van der Waals surface area (Å²) in [5, 5.41) is 9.50. The predicted octanol–water partition coefficient (Wildman–Crippen LogP) is 1.85. The fraction of sp³-hybridized carbons (Fsp3) is 0. The minimum atomic E-state index is 0.512. The van der Waals surface area contributed by atoms with E-state index >= 15 is 0 Å². The highest BCUT2D eigenvalue weighted by Gasteiger charge is 1.99. The molecule has 0 aliphatic carbocycles. The monoisotopic (exact) mass is 170 g/mol. The first kappa shape index (κ1) is 7.56. The minimum absolute atomic E-state index is 0.512. The van der Waals surface area contributed by atoms with Crippen LogP contribution in [0.1, 0.15) is 16.1 Å². The van der Waals surface area contributed by atoms with Crippen LogP contribution in [0.5, 0.6) is 0 Å². The fourth-order valence-electron chi connectivity index (χ4n) is 1.28. The molecule has 0 fully saturated rings. The van der Waals surface area contributed by atoms with Crippen molar-refractivity contribution in [1.82, 2.24) is 4.98 Å². The normalized spacial score (nSPS) is 9.77. The molecule has 0 saturated heterocycles. The van der Waals surface area contributed by atoms with Gasteiger partial charge in [-0.1, -0.05) is 0 Å². The molecule has 0 spiro atoms. The number of aldehydes is 1. The van der Waals surface area contributed by atoms with Gasteiger partial charge in [0.2, 0.25) is 0 Å². The molecule has 0 amide bonds. The quantitative estimate of drug-likeness (QED) is 0.664. The molecule has 2 aromatic rings. The molecule has 1 heterocycles. The van der Waals surface area contributed by atoms with E-state index in [1.165, 1.54) is 0 Å². The molecule has 2 rings (SSSR count). The van der Waals surface area contributed by atoms with Crippen LogP contribution in [0.3, 0.4) is 0 Å². The van der Waals surface area contributed by atoms with E-state index in [-0.39, 0.29) is 0 Å². The van der Waals surface area contributed by atoms with Crippen molar-refractivity contribution in [3.63, 3.8) is 0 Å². The van der Waals surface area contributed by atoms with E-state index in [2.05, 4.69) is 4.98 Å². The highest BCUT2D eigenvalue weighted by atomic mass is 16.1. The molecule has 0 saturated carbocycles. The van der Waals surface area contributed by atoms with Crippen molar-refractivity contribution in [2.24, 2.45) is 0 Å². The number of nitrogens with zero attached hydrogens (tertiary/aromatic N) is 1. The van der Waals surface area contributed by atoms with Crippen molar-refractivity contribution in [3.8, 4) is 6.07 Å². The number of carbonyl (C=O) groups is 1. The van der Waals surface area contributed by atoms with E-state index in [1.807, 2.05) is 6.07 Å². The van der Waals surface area contributed by atoms with E-state index < -0.39 is 0 Å². The van der Waals surface area contributed by atoms with Crippen LogP contribution in [0.25, 0.3) is 10.9 Å². The summed E-state index contributed by atoms with van der Waals surface area (Å²) >= 11 is 0. The van der Waals surface area contributed by atoms with Crippen LogP contribution in [0.4, 0.5) is 0 Å². The molecule has 1 N–H and O–H groups in total. The predicted molar refractivity (Wildman–Crippen MR) is 48.4 cm³/mol. The lowest BCUT2D eigenvalue weighted by Gasteiger charge is -1.89. The van der Waals surface area contributed by atoms with Gasteiger partial charge in [0, 0.05) is 16.5 Å². The summed E-state index contributed by atoms with van der Waals surface area (Å²) in [5.41, 5.74) is 2.01. The number of nitrogens with one attached hydrogen (secondary N) is 1. The number of nitriles is 1. The first-order valence-electron chi connectivity index (χ1n) is 3.81. The molecule has 0 bridgehead atoms. The Hall–Kier alpha value is -2.08. The van der Waals surface area contributed by atoms with Gasteiger partial charge in [0.1, 0.15) is 18.0 Å². The number of aromatic nitrogens is 1. The average Bonchev–Trinajstić information content (AvgIpc) is 2.58. The van der Waals surface area contributed by atoms with Gasteiger partial charge in [-0.3, -0.25) is 4.79 Å². The van der Waals surface area contributed by atoms with Crippen LogP contribution in [0.15, 0.2) is 24.3 Å². The molecule has 13 heavy (non-hydrogen) atoms. The summed E-state index contributed by atoms with van der Waals surface area (Å²) in [6.07, 6.45) is 0.790. The van der Waals surface area contributed by atoms with E-state index in [0.717, 1.165) is 17.2 Å². The second-order valence-electron chi connectivity index (χ2n) is 2.76. The van der Waals surface area contributed by atoms with Crippen LogP contribution in [-0.2, 0) is 0 Å². The second kappa shape index (κ2) is 2.76. The molecule has 62 valence electrons. The fourth-order valence-corrected chi connectivity index (χ4v) is 1.28. The molecule has 0 aliphatic heterocycles. The Kier molecular flexibility index (Phi) is 1.60. The van der Waals surface area contributed by atoms with E-state index in [4.69, 9.17) is 5.26 Å². The molecule has 0 unspecified atom stereocenters. The summed E-state index contributed by atoms with van der Waals surface area (Å²) in [7, 11) is 0. The summed E-state index contributed by atoms with van der Waals surface area (Å²) in [6.45, 7) is 0. The third-order valence-electron chi connectivity index (χ3n) is 1.90. The van der Waals surface area contributed by atoms with Gasteiger partial charge in [0.15, 0.2) is 0 Å². The summed E-state index contributed by atoms with van der Waals surface area (Å²) < 4.78 is 0. The number of hydrogen-bond donors (Lipinski definition) is 1. The van der Waals surface area contributed by atoms with Crippen LogP contribution in [0.2, 0.25) is 0 Å². The van der Waals surface area contributed by atoms with Gasteiger partial charge in [-0.15, -0.1) is 0 Å². The SMILES string of the molecule is N#Cc1cc2cc(C=O)ccc2[nH]1. The molecular formula is C10H6N2O. The highest BCUT2D eigenvalue weighted by molar-refractivity contribution is 5.88. The number of H-pyrrole nitrogens is 1. The Morgan fingerprint density at radius 1 is 1.38 bits per heavy atom. The first-order valence-corrected chi connectivity index (χ1v) is 3.81. The van der Waals surface area contributed by atoms with Gasteiger partial charge in [0.25, 0.3) is 0 Å². The Morgan fingerprint density at radius 2 is 2.23 bits per heavy atom. The van der Waals surface area contributed by atoms with Crippen molar-refractivity contribution >= 4 is 17.2 Å². The van der Waals surface area contributed by atoms with Gasteiger partial charge in [-0.05, 0) is 24.3 Å². The average molecular weight is 170 g/mol. The van der Waals surface area contributed by atoms with E-state index in [9.17, 15) is 4.79 Å². The lowest BCUT2D eigenvalue weighted by molar-refractivity contribution is 0.112. The van der Waals surface area contributed by atoms with Crippen molar-refractivity contribution in [2.45, 2.75) is 0 Å². The van der Waals surface area contributed by atoms with E-state index in [1.54, 1.807) is 24.3 Å². The maximum Gasteiger partial charge on any atom is 0.150 e. The Labute approximate surface area is 74.6 Å². The maximum absolute atomic E-state index is 10.5.